The number of aliphatic imine (C=N–C) groups is 1. The highest BCUT2D eigenvalue weighted by molar-refractivity contribution is 5.92. The second-order valence-electron chi connectivity index (χ2n) is 8.47. The van der Waals surface area contributed by atoms with Crippen LogP contribution in [-0.4, -0.2) is 25.8 Å². The van der Waals surface area contributed by atoms with Gasteiger partial charge in [0.15, 0.2) is 0 Å². The molecule has 1 aromatic carbocycles. The van der Waals surface area contributed by atoms with Gasteiger partial charge in [0.2, 0.25) is 5.91 Å². The van der Waals surface area contributed by atoms with Crippen LogP contribution >= 0.6 is 0 Å². The summed E-state index contributed by atoms with van der Waals surface area (Å²) in [5, 5.41) is 2.99. The summed E-state index contributed by atoms with van der Waals surface area (Å²) in [7, 11) is 1.75. The maximum atomic E-state index is 12.1. The predicted molar refractivity (Wildman–Crippen MR) is 139 cm³/mol. The summed E-state index contributed by atoms with van der Waals surface area (Å²) in [5.41, 5.74) is 2.70. The molecule has 1 unspecified atom stereocenters. The summed E-state index contributed by atoms with van der Waals surface area (Å²) < 4.78 is 6.01. The lowest BCUT2D eigenvalue weighted by Gasteiger charge is -2.17. The molecule has 4 heteroatoms. The molecule has 1 rings (SSSR count). The van der Waals surface area contributed by atoms with E-state index >= 15 is 0 Å². The maximum absolute atomic E-state index is 12.1. The fourth-order valence-electron chi connectivity index (χ4n) is 3.48. The van der Waals surface area contributed by atoms with Crippen LogP contribution in [0.15, 0.2) is 47.2 Å². The van der Waals surface area contributed by atoms with Crippen molar-refractivity contribution >= 4 is 23.9 Å². The molecule has 4 nitrogen and oxygen atoms in total. The number of hydrogen-bond donors (Lipinski definition) is 1. The Kier molecular flexibility index (Phi) is 14.9. The van der Waals surface area contributed by atoms with Crippen molar-refractivity contribution in [2.24, 2.45) is 10.9 Å². The van der Waals surface area contributed by atoms with E-state index in [4.69, 9.17) is 4.74 Å². The van der Waals surface area contributed by atoms with Crippen molar-refractivity contribution in [3.8, 4) is 0 Å². The molecule has 1 N–H and O–H groups in total. The van der Waals surface area contributed by atoms with E-state index in [1.54, 1.807) is 13.3 Å². The standard InChI is InChI=1S/C28H44N2O2/c1-6-9-11-12-13-15-28(31)30-27-18-16-25(17-19-27)20-26(21-29-5)23(4)32-22-24(8-3)14-10-7-2/h16-21,24H,4,6-15,22H2,1-3,5H3,(H,30,31)/b26-20-,29-21+. The topological polar surface area (TPSA) is 50.7 Å². The van der Waals surface area contributed by atoms with Crippen LogP contribution in [0.1, 0.15) is 90.5 Å². The molecule has 32 heavy (non-hydrogen) atoms. The third-order valence-corrected chi connectivity index (χ3v) is 5.65. The van der Waals surface area contributed by atoms with Crippen LogP contribution in [0, 0.1) is 5.92 Å². The van der Waals surface area contributed by atoms with Crippen LogP contribution < -0.4 is 5.32 Å². The second-order valence-corrected chi connectivity index (χ2v) is 8.47. The Bertz CT molecular complexity index is 719. The summed E-state index contributed by atoms with van der Waals surface area (Å²) >= 11 is 0. The maximum Gasteiger partial charge on any atom is 0.224 e. The zero-order valence-corrected chi connectivity index (χ0v) is 20.8. The highest BCUT2D eigenvalue weighted by Gasteiger charge is 2.09. The van der Waals surface area contributed by atoms with Gasteiger partial charge in [0, 0.05) is 30.9 Å². The highest BCUT2D eigenvalue weighted by Crippen LogP contribution is 2.19. The lowest BCUT2D eigenvalue weighted by atomic mass is 10.0. The van der Waals surface area contributed by atoms with Gasteiger partial charge in [-0.3, -0.25) is 9.79 Å². The average molecular weight is 441 g/mol. The molecule has 1 atom stereocenters. The third-order valence-electron chi connectivity index (χ3n) is 5.65. The van der Waals surface area contributed by atoms with Crippen LogP contribution in [0.5, 0.6) is 0 Å². The molecule has 0 heterocycles. The Labute approximate surface area is 196 Å². The van der Waals surface area contributed by atoms with Gasteiger partial charge >= 0.3 is 0 Å². The number of rotatable bonds is 17. The van der Waals surface area contributed by atoms with Gasteiger partial charge in [0.05, 0.1) is 6.61 Å². The Balaban J connectivity index is 2.63. The molecule has 0 saturated heterocycles. The number of nitrogens with zero attached hydrogens (tertiary/aromatic N) is 1. The van der Waals surface area contributed by atoms with Crippen LogP contribution in [0.2, 0.25) is 0 Å². The van der Waals surface area contributed by atoms with Crippen molar-refractivity contribution in [1.82, 2.24) is 0 Å². The van der Waals surface area contributed by atoms with E-state index in [1.807, 2.05) is 30.3 Å². The number of allylic oxidation sites excluding steroid dienone is 1. The van der Waals surface area contributed by atoms with E-state index in [-0.39, 0.29) is 5.91 Å². The smallest absolute Gasteiger partial charge is 0.224 e. The van der Waals surface area contributed by atoms with Crippen molar-refractivity contribution in [1.29, 1.82) is 0 Å². The van der Waals surface area contributed by atoms with E-state index in [0.29, 0.717) is 24.7 Å². The summed E-state index contributed by atoms with van der Waals surface area (Å²) in [6.45, 7) is 11.4. The molecule has 0 fully saturated rings. The van der Waals surface area contributed by atoms with Crippen LogP contribution in [0.4, 0.5) is 5.69 Å². The van der Waals surface area contributed by atoms with Gasteiger partial charge in [0.25, 0.3) is 0 Å². The summed E-state index contributed by atoms with van der Waals surface area (Å²) in [6.07, 6.45) is 14.9. The first-order chi connectivity index (χ1) is 15.5. The first kappa shape index (κ1) is 27.7. The van der Waals surface area contributed by atoms with Crippen LogP contribution in [0.3, 0.4) is 0 Å². The van der Waals surface area contributed by atoms with E-state index < -0.39 is 0 Å². The lowest BCUT2D eigenvalue weighted by Crippen LogP contribution is -2.11. The Morgan fingerprint density at radius 3 is 2.38 bits per heavy atom. The molecular weight excluding hydrogens is 396 g/mol. The Morgan fingerprint density at radius 2 is 1.75 bits per heavy atom. The molecule has 0 bridgehead atoms. The number of hydrogen-bond acceptors (Lipinski definition) is 3. The van der Waals surface area contributed by atoms with E-state index in [0.717, 1.165) is 36.1 Å². The van der Waals surface area contributed by atoms with Gasteiger partial charge < -0.3 is 10.1 Å². The fourth-order valence-corrected chi connectivity index (χ4v) is 3.48. The highest BCUT2D eigenvalue weighted by atomic mass is 16.5. The number of anilines is 1. The summed E-state index contributed by atoms with van der Waals surface area (Å²) in [6, 6.07) is 7.85. The summed E-state index contributed by atoms with van der Waals surface area (Å²) in [5.74, 6) is 1.28. The minimum absolute atomic E-state index is 0.0823. The minimum Gasteiger partial charge on any atom is -0.493 e. The molecule has 0 radical (unpaired) electrons. The number of carbonyl (C=O) groups excluding carboxylic acids is 1. The van der Waals surface area contributed by atoms with Crippen LogP contribution in [0.25, 0.3) is 6.08 Å². The first-order valence-corrected chi connectivity index (χ1v) is 12.4. The van der Waals surface area contributed by atoms with Crippen molar-refractivity contribution in [3.05, 3.63) is 47.7 Å². The number of amides is 1. The molecule has 0 spiro atoms. The van der Waals surface area contributed by atoms with Crippen molar-refractivity contribution in [2.45, 2.75) is 85.0 Å². The molecule has 0 aliphatic carbocycles. The minimum atomic E-state index is 0.0823. The number of unbranched alkanes of at least 4 members (excludes halogenated alkanes) is 5. The van der Waals surface area contributed by atoms with E-state index in [9.17, 15) is 4.79 Å². The second kappa shape index (κ2) is 17.2. The Morgan fingerprint density at radius 1 is 1.06 bits per heavy atom. The largest absolute Gasteiger partial charge is 0.493 e. The molecule has 0 aliphatic rings. The monoisotopic (exact) mass is 440 g/mol. The van der Waals surface area contributed by atoms with Crippen molar-refractivity contribution in [3.63, 3.8) is 0 Å². The van der Waals surface area contributed by atoms with E-state index in [1.165, 1.54) is 38.5 Å². The summed E-state index contributed by atoms with van der Waals surface area (Å²) in [4.78, 5) is 16.3. The van der Waals surface area contributed by atoms with Crippen molar-refractivity contribution < 1.29 is 9.53 Å². The average Bonchev–Trinajstić information content (AvgIpc) is 2.79. The van der Waals surface area contributed by atoms with Crippen LogP contribution in [-0.2, 0) is 9.53 Å². The number of nitrogens with one attached hydrogen (secondary N) is 1. The SMILES string of the molecule is C=C(OCC(CC)CCCC)C(=C\c1ccc(NC(=O)CCCCCCC)cc1)/C=N/C. The van der Waals surface area contributed by atoms with Gasteiger partial charge in [-0.25, -0.2) is 0 Å². The van der Waals surface area contributed by atoms with Gasteiger partial charge in [-0.1, -0.05) is 84.4 Å². The molecule has 0 aliphatic heterocycles. The number of carbonyl (C=O) groups is 1. The Hall–Kier alpha value is -2.36. The quantitative estimate of drug-likeness (QED) is 0.116. The zero-order chi connectivity index (χ0) is 23.6. The van der Waals surface area contributed by atoms with Gasteiger partial charge in [-0.2, -0.15) is 0 Å². The van der Waals surface area contributed by atoms with Gasteiger partial charge in [0.1, 0.15) is 5.76 Å². The lowest BCUT2D eigenvalue weighted by molar-refractivity contribution is -0.116. The number of benzene rings is 1. The predicted octanol–water partition coefficient (Wildman–Crippen LogP) is 7.82. The molecule has 0 saturated carbocycles. The molecule has 1 aromatic rings. The molecule has 178 valence electrons. The normalized spacial score (nSPS) is 12.7. The first-order valence-electron chi connectivity index (χ1n) is 12.4. The van der Waals surface area contributed by atoms with Gasteiger partial charge in [-0.05, 0) is 42.5 Å². The third kappa shape index (κ3) is 11.9. The van der Waals surface area contributed by atoms with E-state index in [2.05, 4.69) is 37.7 Å². The number of ether oxygens (including phenoxy) is 1. The molecule has 1 amide bonds. The van der Waals surface area contributed by atoms with Gasteiger partial charge in [-0.15, -0.1) is 0 Å². The zero-order valence-electron chi connectivity index (χ0n) is 20.8. The fraction of sp³-hybridized carbons (Fsp3) is 0.571. The molecule has 0 aromatic heterocycles. The molecular formula is C28H44N2O2. The van der Waals surface area contributed by atoms with Crippen molar-refractivity contribution in [2.75, 3.05) is 19.0 Å².